The van der Waals surface area contributed by atoms with Crippen LogP contribution in [0.1, 0.15) is 37.8 Å². The standard InChI is InChI=1S/C16H26N2O/c1-12(2)18(3)11-14-9-13(5-8-16(14)19-4)10-17-15-6-7-15/h5,8-9,12,15,17H,6-7,10-11H2,1-4H3. The third-order valence-electron chi connectivity index (χ3n) is 3.82. The van der Waals surface area contributed by atoms with Crippen molar-refractivity contribution in [3.63, 3.8) is 0 Å². The Kier molecular flexibility index (Phi) is 4.83. The van der Waals surface area contributed by atoms with Crippen molar-refractivity contribution in [2.45, 2.75) is 51.9 Å². The highest BCUT2D eigenvalue weighted by Gasteiger charge is 2.20. The first-order valence-electron chi connectivity index (χ1n) is 7.19. The summed E-state index contributed by atoms with van der Waals surface area (Å²) >= 11 is 0. The lowest BCUT2D eigenvalue weighted by atomic mass is 10.1. The lowest BCUT2D eigenvalue weighted by Gasteiger charge is -2.22. The Morgan fingerprint density at radius 2 is 2.11 bits per heavy atom. The lowest BCUT2D eigenvalue weighted by Crippen LogP contribution is -2.26. The third-order valence-corrected chi connectivity index (χ3v) is 3.82. The first-order chi connectivity index (χ1) is 9.10. The van der Waals surface area contributed by atoms with Gasteiger partial charge in [-0.05, 0) is 51.4 Å². The molecule has 2 rings (SSSR count). The summed E-state index contributed by atoms with van der Waals surface area (Å²) in [4.78, 5) is 2.33. The topological polar surface area (TPSA) is 24.5 Å². The number of nitrogens with one attached hydrogen (secondary N) is 1. The summed E-state index contributed by atoms with van der Waals surface area (Å²) in [6.07, 6.45) is 2.66. The van der Waals surface area contributed by atoms with Gasteiger partial charge < -0.3 is 10.1 Å². The first kappa shape index (κ1) is 14.4. The maximum atomic E-state index is 5.47. The van der Waals surface area contributed by atoms with E-state index in [1.807, 2.05) is 0 Å². The van der Waals surface area contributed by atoms with Crippen LogP contribution in [-0.4, -0.2) is 31.1 Å². The molecule has 0 bridgehead atoms. The lowest BCUT2D eigenvalue weighted by molar-refractivity contribution is 0.261. The number of nitrogens with zero attached hydrogens (tertiary/aromatic N) is 1. The quantitative estimate of drug-likeness (QED) is 0.818. The second-order valence-corrected chi connectivity index (χ2v) is 5.81. The van der Waals surface area contributed by atoms with Gasteiger partial charge in [-0.15, -0.1) is 0 Å². The Bertz CT molecular complexity index is 413. The van der Waals surface area contributed by atoms with E-state index in [1.165, 1.54) is 24.0 Å². The van der Waals surface area contributed by atoms with Crippen molar-refractivity contribution in [2.24, 2.45) is 0 Å². The van der Waals surface area contributed by atoms with E-state index in [0.29, 0.717) is 6.04 Å². The SMILES string of the molecule is COc1ccc(CNC2CC2)cc1CN(C)C(C)C. The van der Waals surface area contributed by atoms with Gasteiger partial charge >= 0.3 is 0 Å². The van der Waals surface area contributed by atoms with E-state index in [4.69, 9.17) is 4.74 Å². The minimum absolute atomic E-state index is 0.540. The second-order valence-electron chi connectivity index (χ2n) is 5.81. The van der Waals surface area contributed by atoms with E-state index < -0.39 is 0 Å². The van der Waals surface area contributed by atoms with Crippen LogP contribution in [0.2, 0.25) is 0 Å². The van der Waals surface area contributed by atoms with Crippen LogP contribution in [0, 0.1) is 0 Å². The van der Waals surface area contributed by atoms with Gasteiger partial charge in [0.15, 0.2) is 0 Å². The molecule has 0 aliphatic heterocycles. The van der Waals surface area contributed by atoms with E-state index in [1.54, 1.807) is 7.11 Å². The molecule has 0 amide bonds. The summed E-state index contributed by atoms with van der Waals surface area (Å²) in [6, 6.07) is 7.81. The summed E-state index contributed by atoms with van der Waals surface area (Å²) < 4.78 is 5.47. The molecule has 0 aromatic heterocycles. The molecule has 19 heavy (non-hydrogen) atoms. The molecule has 0 spiro atoms. The van der Waals surface area contributed by atoms with E-state index in [9.17, 15) is 0 Å². The van der Waals surface area contributed by atoms with E-state index in [0.717, 1.165) is 24.9 Å². The number of benzene rings is 1. The Hall–Kier alpha value is -1.06. The molecule has 1 aliphatic carbocycles. The third kappa shape index (κ3) is 4.22. The highest BCUT2D eigenvalue weighted by molar-refractivity contribution is 5.37. The van der Waals surface area contributed by atoms with Gasteiger partial charge in [0, 0.05) is 30.7 Å². The fourth-order valence-electron chi connectivity index (χ4n) is 2.07. The Labute approximate surface area is 116 Å². The minimum atomic E-state index is 0.540. The van der Waals surface area contributed by atoms with Gasteiger partial charge in [0.1, 0.15) is 5.75 Å². The number of methoxy groups -OCH3 is 1. The van der Waals surface area contributed by atoms with Crippen LogP contribution in [0.15, 0.2) is 18.2 Å². The molecule has 3 heteroatoms. The maximum absolute atomic E-state index is 5.47. The van der Waals surface area contributed by atoms with Crippen LogP contribution in [-0.2, 0) is 13.1 Å². The van der Waals surface area contributed by atoms with Crippen molar-refractivity contribution in [1.29, 1.82) is 0 Å². The predicted octanol–water partition coefficient (Wildman–Crippen LogP) is 2.79. The molecule has 1 saturated carbocycles. The highest BCUT2D eigenvalue weighted by atomic mass is 16.5. The Morgan fingerprint density at radius 1 is 1.37 bits per heavy atom. The van der Waals surface area contributed by atoms with Gasteiger partial charge in [-0.2, -0.15) is 0 Å². The maximum Gasteiger partial charge on any atom is 0.123 e. The van der Waals surface area contributed by atoms with E-state index in [2.05, 4.69) is 49.3 Å². The van der Waals surface area contributed by atoms with Crippen LogP contribution in [0.5, 0.6) is 5.75 Å². The molecule has 1 aromatic carbocycles. The van der Waals surface area contributed by atoms with Crippen molar-refractivity contribution < 1.29 is 4.74 Å². The van der Waals surface area contributed by atoms with Crippen LogP contribution >= 0.6 is 0 Å². The molecule has 3 nitrogen and oxygen atoms in total. The fourth-order valence-corrected chi connectivity index (χ4v) is 2.07. The van der Waals surface area contributed by atoms with Crippen molar-refractivity contribution in [3.05, 3.63) is 29.3 Å². The fraction of sp³-hybridized carbons (Fsp3) is 0.625. The molecule has 0 radical (unpaired) electrons. The van der Waals surface area contributed by atoms with E-state index in [-0.39, 0.29) is 0 Å². The van der Waals surface area contributed by atoms with Gasteiger partial charge in [0.25, 0.3) is 0 Å². The molecule has 0 heterocycles. The number of hydrogen-bond donors (Lipinski definition) is 1. The zero-order valence-electron chi connectivity index (χ0n) is 12.6. The smallest absolute Gasteiger partial charge is 0.123 e. The molecule has 1 aliphatic rings. The molecule has 0 atom stereocenters. The Morgan fingerprint density at radius 3 is 2.68 bits per heavy atom. The largest absolute Gasteiger partial charge is 0.496 e. The molecular weight excluding hydrogens is 236 g/mol. The van der Waals surface area contributed by atoms with Crippen molar-refractivity contribution in [3.8, 4) is 5.75 Å². The summed E-state index contributed by atoms with van der Waals surface area (Å²) in [5.74, 6) is 0.989. The first-order valence-corrected chi connectivity index (χ1v) is 7.19. The summed E-state index contributed by atoms with van der Waals surface area (Å²) in [5, 5.41) is 3.56. The normalized spacial score (nSPS) is 15.3. The molecular formula is C16H26N2O. The van der Waals surface area contributed by atoms with Crippen molar-refractivity contribution in [1.82, 2.24) is 10.2 Å². The Balaban J connectivity index is 2.05. The van der Waals surface area contributed by atoms with Gasteiger partial charge in [-0.25, -0.2) is 0 Å². The minimum Gasteiger partial charge on any atom is -0.496 e. The van der Waals surface area contributed by atoms with Crippen LogP contribution in [0.4, 0.5) is 0 Å². The molecule has 1 fully saturated rings. The van der Waals surface area contributed by atoms with Crippen LogP contribution in [0.25, 0.3) is 0 Å². The monoisotopic (exact) mass is 262 g/mol. The summed E-state index contributed by atoms with van der Waals surface area (Å²) in [6.45, 7) is 6.32. The zero-order valence-corrected chi connectivity index (χ0v) is 12.6. The van der Waals surface area contributed by atoms with Crippen molar-refractivity contribution >= 4 is 0 Å². The van der Waals surface area contributed by atoms with E-state index >= 15 is 0 Å². The number of ether oxygens (including phenoxy) is 1. The van der Waals surface area contributed by atoms with Gasteiger partial charge in [0.2, 0.25) is 0 Å². The molecule has 1 aromatic rings. The zero-order chi connectivity index (χ0) is 13.8. The van der Waals surface area contributed by atoms with Crippen molar-refractivity contribution in [2.75, 3.05) is 14.2 Å². The highest BCUT2D eigenvalue weighted by Crippen LogP contribution is 2.23. The molecule has 0 saturated heterocycles. The average molecular weight is 262 g/mol. The van der Waals surface area contributed by atoms with Gasteiger partial charge in [-0.3, -0.25) is 4.90 Å². The average Bonchev–Trinajstić information content (AvgIpc) is 3.20. The molecule has 106 valence electrons. The summed E-state index contributed by atoms with van der Waals surface area (Å²) in [7, 11) is 3.90. The number of hydrogen-bond acceptors (Lipinski definition) is 3. The van der Waals surface area contributed by atoms with Crippen LogP contribution in [0.3, 0.4) is 0 Å². The van der Waals surface area contributed by atoms with Crippen LogP contribution < -0.4 is 10.1 Å². The summed E-state index contributed by atoms with van der Waals surface area (Å²) in [5.41, 5.74) is 2.62. The molecule has 1 N–H and O–H groups in total. The van der Waals surface area contributed by atoms with Gasteiger partial charge in [0.05, 0.1) is 7.11 Å². The predicted molar refractivity (Wildman–Crippen MR) is 79.5 cm³/mol. The molecule has 0 unspecified atom stereocenters. The number of rotatable bonds is 7. The van der Waals surface area contributed by atoms with Gasteiger partial charge in [-0.1, -0.05) is 6.07 Å². The second kappa shape index (κ2) is 6.40.